The lowest BCUT2D eigenvalue weighted by atomic mass is 10.2. The fourth-order valence-electron chi connectivity index (χ4n) is 3.03. The molecule has 0 fully saturated rings. The molecule has 0 saturated carbocycles. The number of sulfonamides is 1. The molecule has 1 unspecified atom stereocenters. The molecule has 0 aliphatic rings. The molecule has 1 atom stereocenters. The molecule has 7 nitrogen and oxygen atoms in total. The minimum absolute atomic E-state index is 0.189. The number of hydrogen-bond acceptors (Lipinski definition) is 6. The lowest BCUT2D eigenvalue weighted by Crippen LogP contribution is -2.46. The maximum atomic E-state index is 13.0. The third kappa shape index (κ3) is 6.88. The molecule has 31 heavy (non-hydrogen) atoms. The van der Waals surface area contributed by atoms with E-state index in [-0.39, 0.29) is 17.3 Å². The molecule has 0 radical (unpaired) electrons. The van der Waals surface area contributed by atoms with Gasteiger partial charge in [0.15, 0.2) is 11.5 Å². The van der Waals surface area contributed by atoms with Crippen LogP contribution in [0.4, 0.5) is 0 Å². The summed E-state index contributed by atoms with van der Waals surface area (Å²) in [6, 6.07) is 9.71. The van der Waals surface area contributed by atoms with Crippen LogP contribution >= 0.6 is 11.8 Å². The predicted molar refractivity (Wildman–Crippen MR) is 124 cm³/mol. The number of carbonyl (C=O) groups excluding carboxylic acids is 1. The van der Waals surface area contributed by atoms with Crippen LogP contribution in [0.15, 0.2) is 41.3 Å². The largest absolute Gasteiger partial charge is 0.493 e. The topological polar surface area (TPSA) is 93.7 Å². The average molecular weight is 467 g/mol. The Labute approximate surface area is 189 Å². The van der Waals surface area contributed by atoms with E-state index in [1.807, 2.05) is 25.3 Å². The second kappa shape index (κ2) is 11.4. The highest BCUT2D eigenvalue weighted by atomic mass is 32.2. The molecule has 0 spiro atoms. The molecule has 2 aromatic rings. The molecule has 0 aliphatic carbocycles. The Morgan fingerprint density at radius 3 is 2.42 bits per heavy atom. The maximum absolute atomic E-state index is 13.0. The van der Waals surface area contributed by atoms with E-state index in [1.54, 1.807) is 57.2 Å². The van der Waals surface area contributed by atoms with E-state index in [1.165, 1.54) is 0 Å². The van der Waals surface area contributed by atoms with Crippen molar-refractivity contribution in [1.29, 1.82) is 0 Å². The fraction of sp³-hybridized carbons (Fsp3) is 0.409. The van der Waals surface area contributed by atoms with Crippen molar-refractivity contribution in [2.75, 3.05) is 26.2 Å². The molecular weight excluding hydrogens is 436 g/mol. The Kier molecular flexibility index (Phi) is 9.21. The lowest BCUT2D eigenvalue weighted by Gasteiger charge is -2.19. The number of nitrogens with one attached hydrogen (secondary N) is 2. The van der Waals surface area contributed by atoms with Crippen molar-refractivity contribution in [3.63, 3.8) is 0 Å². The summed E-state index contributed by atoms with van der Waals surface area (Å²) < 4.78 is 39.1. The van der Waals surface area contributed by atoms with Gasteiger partial charge in [0.25, 0.3) is 0 Å². The quantitative estimate of drug-likeness (QED) is 0.529. The molecule has 9 heteroatoms. The number of methoxy groups -OCH3 is 2. The van der Waals surface area contributed by atoms with Crippen LogP contribution in [-0.4, -0.2) is 46.6 Å². The first-order valence-electron chi connectivity index (χ1n) is 9.79. The van der Waals surface area contributed by atoms with E-state index >= 15 is 0 Å². The standard InChI is InChI=1S/C22H30N2O5S2/c1-15-6-7-16(2)21(12-15)31(26,27)24-18(10-11-30-5)22(25)23-14-17-8-9-19(28-3)20(13-17)29-4/h6-9,12-13,18,24H,10-11,14H2,1-5H3,(H,23,25). The van der Waals surface area contributed by atoms with Gasteiger partial charge in [-0.15, -0.1) is 0 Å². The van der Waals surface area contributed by atoms with Crippen LogP contribution in [0.5, 0.6) is 11.5 Å². The molecule has 2 aromatic carbocycles. The van der Waals surface area contributed by atoms with Crippen LogP contribution < -0.4 is 19.5 Å². The first kappa shape index (κ1) is 25.0. The highest BCUT2D eigenvalue weighted by Gasteiger charge is 2.26. The van der Waals surface area contributed by atoms with Crippen molar-refractivity contribution in [1.82, 2.24) is 10.0 Å². The number of benzene rings is 2. The van der Waals surface area contributed by atoms with Gasteiger partial charge in [0.05, 0.1) is 19.1 Å². The molecule has 0 bridgehead atoms. The minimum Gasteiger partial charge on any atom is -0.493 e. The lowest BCUT2D eigenvalue weighted by molar-refractivity contribution is -0.122. The molecule has 2 rings (SSSR count). The number of carbonyl (C=O) groups is 1. The first-order valence-corrected chi connectivity index (χ1v) is 12.7. The van der Waals surface area contributed by atoms with Crippen molar-refractivity contribution < 1.29 is 22.7 Å². The Morgan fingerprint density at radius 2 is 1.77 bits per heavy atom. The van der Waals surface area contributed by atoms with Crippen LogP contribution in [0.1, 0.15) is 23.1 Å². The molecule has 0 saturated heterocycles. The molecule has 0 heterocycles. The minimum atomic E-state index is -3.85. The van der Waals surface area contributed by atoms with Gasteiger partial charge >= 0.3 is 0 Å². The van der Waals surface area contributed by atoms with Gasteiger partial charge in [-0.2, -0.15) is 16.5 Å². The van der Waals surface area contributed by atoms with Crippen LogP contribution in [0.25, 0.3) is 0 Å². The molecule has 2 N–H and O–H groups in total. The SMILES string of the molecule is COc1ccc(CNC(=O)C(CCSC)NS(=O)(=O)c2cc(C)ccc2C)cc1OC. The van der Waals surface area contributed by atoms with E-state index in [2.05, 4.69) is 10.0 Å². The highest BCUT2D eigenvalue weighted by molar-refractivity contribution is 7.98. The van der Waals surface area contributed by atoms with Gasteiger partial charge in [-0.05, 0) is 67.2 Å². The van der Waals surface area contributed by atoms with E-state index in [9.17, 15) is 13.2 Å². The van der Waals surface area contributed by atoms with E-state index in [4.69, 9.17) is 9.47 Å². The summed E-state index contributed by atoms with van der Waals surface area (Å²) in [6.07, 6.45) is 2.29. The Balaban J connectivity index is 2.16. The van der Waals surface area contributed by atoms with Gasteiger partial charge < -0.3 is 14.8 Å². The normalized spacial score (nSPS) is 12.3. The van der Waals surface area contributed by atoms with E-state index in [0.29, 0.717) is 29.2 Å². The molecule has 0 aromatic heterocycles. The first-order chi connectivity index (χ1) is 14.7. The van der Waals surface area contributed by atoms with Gasteiger partial charge in [-0.1, -0.05) is 18.2 Å². The maximum Gasteiger partial charge on any atom is 0.241 e. The predicted octanol–water partition coefficient (Wildman–Crippen LogP) is 3.04. The zero-order chi connectivity index (χ0) is 23.0. The van der Waals surface area contributed by atoms with Crippen LogP contribution in [-0.2, 0) is 21.4 Å². The van der Waals surface area contributed by atoms with Gasteiger partial charge in [0, 0.05) is 6.54 Å². The summed E-state index contributed by atoms with van der Waals surface area (Å²) in [6.45, 7) is 3.81. The third-order valence-electron chi connectivity index (χ3n) is 4.77. The number of amides is 1. The number of rotatable bonds is 11. The van der Waals surface area contributed by atoms with Gasteiger partial charge in [0.2, 0.25) is 15.9 Å². The second-order valence-electron chi connectivity index (χ2n) is 7.13. The van der Waals surface area contributed by atoms with E-state index < -0.39 is 16.1 Å². The smallest absolute Gasteiger partial charge is 0.241 e. The third-order valence-corrected chi connectivity index (χ3v) is 7.03. The van der Waals surface area contributed by atoms with Crippen molar-refractivity contribution in [3.05, 3.63) is 53.1 Å². The molecule has 1 amide bonds. The van der Waals surface area contributed by atoms with Crippen molar-refractivity contribution in [2.45, 2.75) is 37.8 Å². The van der Waals surface area contributed by atoms with E-state index in [0.717, 1.165) is 11.1 Å². The highest BCUT2D eigenvalue weighted by Crippen LogP contribution is 2.27. The summed E-state index contributed by atoms with van der Waals surface area (Å²) in [4.78, 5) is 13.0. The van der Waals surface area contributed by atoms with Crippen molar-refractivity contribution in [2.24, 2.45) is 0 Å². The van der Waals surface area contributed by atoms with Crippen LogP contribution in [0.2, 0.25) is 0 Å². The summed E-state index contributed by atoms with van der Waals surface area (Å²) in [5.74, 6) is 1.42. The number of ether oxygens (including phenoxy) is 2. The summed E-state index contributed by atoms with van der Waals surface area (Å²) in [7, 11) is -0.752. The van der Waals surface area contributed by atoms with Gasteiger partial charge in [0.1, 0.15) is 6.04 Å². The average Bonchev–Trinajstić information content (AvgIpc) is 2.76. The van der Waals surface area contributed by atoms with Crippen LogP contribution in [0, 0.1) is 13.8 Å². The summed E-state index contributed by atoms with van der Waals surface area (Å²) in [5, 5.41) is 2.83. The fourth-order valence-corrected chi connectivity index (χ4v) is 5.06. The zero-order valence-electron chi connectivity index (χ0n) is 18.5. The Hall–Kier alpha value is -2.23. The van der Waals surface area contributed by atoms with Crippen LogP contribution in [0.3, 0.4) is 0 Å². The molecule has 170 valence electrons. The van der Waals surface area contributed by atoms with Crippen molar-refractivity contribution in [3.8, 4) is 11.5 Å². The Morgan fingerprint density at radius 1 is 1.06 bits per heavy atom. The van der Waals surface area contributed by atoms with Gasteiger partial charge in [-0.25, -0.2) is 8.42 Å². The molecular formula is C22H30N2O5S2. The van der Waals surface area contributed by atoms with Gasteiger partial charge in [-0.3, -0.25) is 4.79 Å². The summed E-state index contributed by atoms with van der Waals surface area (Å²) >= 11 is 1.55. The number of thioether (sulfide) groups is 1. The number of aryl methyl sites for hydroxylation is 2. The second-order valence-corrected chi connectivity index (χ2v) is 9.80. The number of hydrogen-bond donors (Lipinski definition) is 2. The summed E-state index contributed by atoms with van der Waals surface area (Å²) in [5.41, 5.74) is 2.28. The van der Waals surface area contributed by atoms with Crippen molar-refractivity contribution >= 4 is 27.7 Å². The molecule has 0 aliphatic heterocycles. The zero-order valence-corrected chi connectivity index (χ0v) is 20.2. The monoisotopic (exact) mass is 466 g/mol. The Bertz CT molecular complexity index is 1010.